The van der Waals surface area contributed by atoms with Crippen LogP contribution < -0.4 is 0 Å². The van der Waals surface area contributed by atoms with Crippen LogP contribution in [-0.2, 0) is 0 Å². The molecular weight excluding hydrogens is 315 g/mol. The number of aromatic hydroxyl groups is 1. The lowest BCUT2D eigenvalue weighted by molar-refractivity contribution is 0.483. The van der Waals surface area contributed by atoms with Gasteiger partial charge in [-0.1, -0.05) is 0 Å². The average molecular weight is 322 g/mol. The van der Waals surface area contributed by atoms with Gasteiger partial charge in [0.05, 0.1) is 0 Å². The molecule has 0 spiro atoms. The van der Waals surface area contributed by atoms with Crippen molar-refractivity contribution in [1.29, 1.82) is 0 Å². The summed E-state index contributed by atoms with van der Waals surface area (Å²) in [4.78, 5) is 1.22. The topological polar surface area (TPSA) is 20.2 Å². The lowest BCUT2D eigenvalue weighted by atomic mass is 10.2. The molecule has 68 valence electrons. The zero-order valence-corrected chi connectivity index (χ0v) is 10.7. The predicted molar refractivity (Wildman–Crippen MR) is 68.0 cm³/mol. The van der Waals surface area contributed by atoms with E-state index in [0.29, 0.717) is 5.75 Å². The zero-order valence-electron chi connectivity index (χ0n) is 6.87. The summed E-state index contributed by atoms with van der Waals surface area (Å²) in [5.41, 5.74) is 0. The Bertz CT molecular complexity index is 450. The summed E-state index contributed by atoms with van der Waals surface area (Å²) in [6.07, 6.45) is 2.05. The first-order valence-corrected chi connectivity index (χ1v) is 6.85. The van der Waals surface area contributed by atoms with E-state index in [0.717, 1.165) is 13.7 Å². The zero-order chi connectivity index (χ0) is 9.42. The SMILES string of the molecule is CSc1ccc2scc(O)c2c1I. The highest BCUT2D eigenvalue weighted by molar-refractivity contribution is 14.1. The van der Waals surface area contributed by atoms with E-state index in [1.54, 1.807) is 28.5 Å². The molecule has 0 unspecified atom stereocenters. The van der Waals surface area contributed by atoms with Gasteiger partial charge in [-0.3, -0.25) is 0 Å². The number of halogens is 1. The van der Waals surface area contributed by atoms with Gasteiger partial charge in [0.15, 0.2) is 0 Å². The van der Waals surface area contributed by atoms with Crippen molar-refractivity contribution < 1.29 is 5.11 Å². The maximum Gasteiger partial charge on any atom is 0.135 e. The highest BCUT2D eigenvalue weighted by Gasteiger charge is 2.09. The Labute approximate surface area is 98.3 Å². The molecule has 0 fully saturated rings. The minimum absolute atomic E-state index is 0.403. The van der Waals surface area contributed by atoms with E-state index < -0.39 is 0 Å². The lowest BCUT2D eigenvalue weighted by Gasteiger charge is -2.01. The molecule has 0 atom stereocenters. The quantitative estimate of drug-likeness (QED) is 0.634. The summed E-state index contributed by atoms with van der Waals surface area (Å²) in [7, 11) is 0. The fourth-order valence-electron chi connectivity index (χ4n) is 1.21. The molecule has 1 heterocycles. The van der Waals surface area contributed by atoms with Crippen LogP contribution in [0.5, 0.6) is 5.75 Å². The molecule has 0 bridgehead atoms. The molecule has 0 radical (unpaired) electrons. The van der Waals surface area contributed by atoms with Crippen molar-refractivity contribution in [3.8, 4) is 5.75 Å². The molecule has 0 saturated heterocycles. The Kier molecular flexibility index (Phi) is 2.71. The Balaban J connectivity index is 2.83. The summed E-state index contributed by atoms with van der Waals surface area (Å²) in [5.74, 6) is 0.403. The normalized spacial score (nSPS) is 10.9. The molecule has 1 aromatic carbocycles. The molecule has 0 amide bonds. The first kappa shape index (κ1) is 9.61. The largest absolute Gasteiger partial charge is 0.506 e. The molecule has 4 heteroatoms. The number of hydrogen-bond donors (Lipinski definition) is 1. The summed E-state index contributed by atoms with van der Waals surface area (Å²) in [6, 6.07) is 4.17. The minimum atomic E-state index is 0.403. The van der Waals surface area contributed by atoms with Crippen LogP contribution in [0.15, 0.2) is 22.4 Å². The Morgan fingerprint density at radius 2 is 2.23 bits per heavy atom. The molecule has 13 heavy (non-hydrogen) atoms. The molecule has 0 aliphatic rings. The third-order valence-corrected chi connectivity index (χ3v) is 5.04. The van der Waals surface area contributed by atoms with Crippen LogP contribution in [0.25, 0.3) is 10.1 Å². The van der Waals surface area contributed by atoms with Gasteiger partial charge in [0.1, 0.15) is 5.75 Å². The number of rotatable bonds is 1. The highest BCUT2D eigenvalue weighted by atomic mass is 127. The van der Waals surface area contributed by atoms with Crippen LogP contribution >= 0.6 is 45.7 Å². The third kappa shape index (κ3) is 1.55. The van der Waals surface area contributed by atoms with Crippen molar-refractivity contribution in [2.24, 2.45) is 0 Å². The maximum atomic E-state index is 9.61. The van der Waals surface area contributed by atoms with E-state index in [1.165, 1.54) is 4.90 Å². The van der Waals surface area contributed by atoms with Crippen LogP contribution in [0.4, 0.5) is 0 Å². The number of thioether (sulfide) groups is 1. The number of hydrogen-bond acceptors (Lipinski definition) is 3. The standard InChI is InChI=1S/C9H7IOS2/c1-12-7-3-2-6-8(9(7)10)5(11)4-13-6/h2-4,11H,1H3. The van der Waals surface area contributed by atoms with Crippen LogP contribution in [0.2, 0.25) is 0 Å². The maximum absolute atomic E-state index is 9.61. The molecule has 1 N–H and O–H groups in total. The first-order valence-electron chi connectivity index (χ1n) is 3.66. The number of fused-ring (bicyclic) bond motifs is 1. The van der Waals surface area contributed by atoms with Crippen LogP contribution in [0, 0.1) is 3.57 Å². The van der Waals surface area contributed by atoms with Crippen molar-refractivity contribution in [2.75, 3.05) is 6.26 Å². The minimum Gasteiger partial charge on any atom is -0.506 e. The second-order valence-corrected chi connectivity index (χ2v) is 5.41. The Hall–Kier alpha value is 0.0600. The van der Waals surface area contributed by atoms with Gasteiger partial charge in [0.2, 0.25) is 0 Å². The molecule has 0 saturated carbocycles. The summed E-state index contributed by atoms with van der Waals surface area (Å²) < 4.78 is 2.31. The molecule has 0 aliphatic heterocycles. The van der Waals surface area contributed by atoms with Crippen LogP contribution in [-0.4, -0.2) is 11.4 Å². The van der Waals surface area contributed by atoms with Crippen LogP contribution in [0.3, 0.4) is 0 Å². The lowest BCUT2D eigenvalue weighted by Crippen LogP contribution is -1.78. The molecular formula is C9H7IOS2. The fraction of sp³-hybridized carbons (Fsp3) is 0.111. The van der Waals surface area contributed by atoms with Gasteiger partial charge in [0.25, 0.3) is 0 Å². The number of thiophene rings is 1. The molecule has 0 aliphatic carbocycles. The summed E-state index contributed by atoms with van der Waals surface area (Å²) >= 11 is 5.58. The average Bonchev–Trinajstić information content (AvgIpc) is 2.49. The van der Waals surface area contributed by atoms with Gasteiger partial charge in [-0.25, -0.2) is 0 Å². The summed E-state index contributed by atoms with van der Waals surface area (Å²) in [6.45, 7) is 0. The monoisotopic (exact) mass is 322 g/mol. The second-order valence-electron chi connectivity index (χ2n) is 2.58. The van der Waals surface area contributed by atoms with Crippen LogP contribution in [0.1, 0.15) is 0 Å². The Morgan fingerprint density at radius 3 is 2.92 bits per heavy atom. The van der Waals surface area contributed by atoms with E-state index in [2.05, 4.69) is 34.7 Å². The van der Waals surface area contributed by atoms with Crippen molar-refractivity contribution in [1.82, 2.24) is 0 Å². The van der Waals surface area contributed by atoms with Gasteiger partial charge in [-0.2, -0.15) is 0 Å². The highest BCUT2D eigenvalue weighted by Crippen LogP contribution is 2.38. The van der Waals surface area contributed by atoms with Gasteiger partial charge >= 0.3 is 0 Å². The van der Waals surface area contributed by atoms with Crippen molar-refractivity contribution >= 4 is 55.8 Å². The van der Waals surface area contributed by atoms with E-state index in [1.807, 2.05) is 6.26 Å². The Morgan fingerprint density at radius 1 is 1.46 bits per heavy atom. The number of benzene rings is 1. The molecule has 2 rings (SSSR count). The van der Waals surface area contributed by atoms with Crippen molar-refractivity contribution in [3.63, 3.8) is 0 Å². The van der Waals surface area contributed by atoms with E-state index in [-0.39, 0.29) is 0 Å². The van der Waals surface area contributed by atoms with Gasteiger partial charge < -0.3 is 5.11 Å². The van der Waals surface area contributed by atoms with Crippen molar-refractivity contribution in [3.05, 3.63) is 21.1 Å². The third-order valence-electron chi connectivity index (χ3n) is 1.84. The fourth-order valence-corrected chi connectivity index (χ4v) is 4.12. The molecule has 1 nitrogen and oxygen atoms in total. The molecule has 2 aromatic rings. The first-order chi connectivity index (χ1) is 6.24. The summed E-state index contributed by atoms with van der Waals surface area (Å²) in [5, 5.41) is 12.4. The van der Waals surface area contributed by atoms with E-state index >= 15 is 0 Å². The van der Waals surface area contributed by atoms with Gasteiger partial charge in [0, 0.05) is 23.9 Å². The second kappa shape index (κ2) is 3.67. The van der Waals surface area contributed by atoms with Crippen molar-refractivity contribution in [2.45, 2.75) is 4.90 Å². The van der Waals surface area contributed by atoms with E-state index in [9.17, 15) is 5.11 Å². The van der Waals surface area contributed by atoms with E-state index in [4.69, 9.17) is 0 Å². The van der Waals surface area contributed by atoms with Gasteiger partial charge in [-0.15, -0.1) is 23.1 Å². The molecule has 1 aromatic heterocycles. The smallest absolute Gasteiger partial charge is 0.135 e. The van der Waals surface area contributed by atoms with Gasteiger partial charge in [-0.05, 0) is 41.0 Å². The predicted octanol–water partition coefficient (Wildman–Crippen LogP) is 3.93.